The molecule has 0 radical (unpaired) electrons. The van der Waals surface area contributed by atoms with Gasteiger partial charge in [-0.15, -0.1) is 0 Å². The molecule has 0 unspecified atom stereocenters. The first-order valence-corrected chi connectivity index (χ1v) is 10.6. The fourth-order valence-corrected chi connectivity index (χ4v) is 5.30. The molecule has 3 saturated heterocycles. The van der Waals surface area contributed by atoms with Gasteiger partial charge in [-0.05, 0) is 44.6 Å². The molecule has 9 heteroatoms. The van der Waals surface area contributed by atoms with Gasteiger partial charge in [-0.3, -0.25) is 9.89 Å². The Kier molecular flexibility index (Phi) is 5.41. The zero-order valence-corrected chi connectivity index (χ0v) is 16.8. The molecule has 146 valence electrons. The van der Waals surface area contributed by atoms with E-state index in [0.717, 1.165) is 29.8 Å². The summed E-state index contributed by atoms with van der Waals surface area (Å²) in [5.41, 5.74) is 3.06. The summed E-state index contributed by atoms with van der Waals surface area (Å²) in [5.74, 6) is 0.327. The number of amides is 1. The molecule has 1 N–H and O–H groups in total. The Bertz CT molecular complexity index is 754. The van der Waals surface area contributed by atoms with Gasteiger partial charge in [0.1, 0.15) is 0 Å². The molecular weight excluding hydrogens is 354 g/mol. The number of hydrogen-bond acceptors (Lipinski definition) is 4. The second-order valence-corrected chi connectivity index (χ2v) is 9.81. The molecule has 3 aliphatic rings. The van der Waals surface area contributed by atoms with Gasteiger partial charge in [-0.2, -0.15) is 22.1 Å². The van der Waals surface area contributed by atoms with Crippen molar-refractivity contribution < 1.29 is 13.2 Å². The maximum atomic E-state index is 12.9. The Labute approximate surface area is 155 Å². The van der Waals surface area contributed by atoms with Gasteiger partial charge in [-0.25, -0.2) is 0 Å². The second kappa shape index (κ2) is 7.28. The van der Waals surface area contributed by atoms with E-state index < -0.39 is 10.2 Å². The zero-order valence-electron chi connectivity index (χ0n) is 16.0. The number of H-pyrrole nitrogens is 1. The van der Waals surface area contributed by atoms with Gasteiger partial charge >= 0.3 is 0 Å². The molecule has 3 fully saturated rings. The van der Waals surface area contributed by atoms with E-state index in [1.807, 2.05) is 18.7 Å². The molecular formula is C17H29N5O3S. The molecule has 0 saturated carbocycles. The number of carbonyl (C=O) groups excluding carboxylic acids is 1. The van der Waals surface area contributed by atoms with Crippen LogP contribution in [0.15, 0.2) is 0 Å². The van der Waals surface area contributed by atoms with Gasteiger partial charge in [0.2, 0.25) is 5.91 Å². The van der Waals surface area contributed by atoms with E-state index in [4.69, 9.17) is 0 Å². The predicted octanol–water partition coefficient (Wildman–Crippen LogP) is 0.688. The quantitative estimate of drug-likeness (QED) is 0.810. The van der Waals surface area contributed by atoms with Gasteiger partial charge in [0, 0.05) is 51.9 Å². The van der Waals surface area contributed by atoms with Crippen LogP contribution < -0.4 is 0 Å². The van der Waals surface area contributed by atoms with Crippen LogP contribution in [-0.4, -0.2) is 77.8 Å². The van der Waals surface area contributed by atoms with Crippen LogP contribution in [0.2, 0.25) is 0 Å². The largest absolute Gasteiger partial charge is 0.338 e. The number of carbonyl (C=O) groups is 1. The zero-order chi connectivity index (χ0) is 19.1. The molecule has 0 aromatic carbocycles. The summed E-state index contributed by atoms with van der Waals surface area (Å²) in [6.07, 6.45) is 2.96. The topological polar surface area (TPSA) is 89.6 Å². The maximum Gasteiger partial charge on any atom is 0.281 e. The number of aromatic nitrogens is 2. The highest BCUT2D eigenvalue weighted by molar-refractivity contribution is 7.86. The van der Waals surface area contributed by atoms with Crippen molar-refractivity contribution in [2.45, 2.75) is 45.6 Å². The number of rotatable bonds is 5. The summed E-state index contributed by atoms with van der Waals surface area (Å²) in [6, 6.07) is -0.0254. The standard InChI is InChI=1S/C17H29N5O3S/c1-12-16(13(2)19-18-12)7-8-17(23)22-10-14-5-6-15(22)11-21(9-14)26(24,25)20(3)4/h14-15H,5-11H2,1-4H3,(H,18,19)/t14-,15+/m0/s1. The Morgan fingerprint density at radius 1 is 1.23 bits per heavy atom. The Morgan fingerprint density at radius 3 is 2.58 bits per heavy atom. The third kappa shape index (κ3) is 3.65. The van der Waals surface area contributed by atoms with Crippen LogP contribution in [0.1, 0.15) is 36.2 Å². The molecule has 1 amide bonds. The lowest BCUT2D eigenvalue weighted by Crippen LogP contribution is -2.48. The van der Waals surface area contributed by atoms with Gasteiger partial charge in [0.25, 0.3) is 10.2 Å². The SMILES string of the molecule is Cc1n[nH]c(C)c1CCC(=O)N1C[C@H]2CC[C@@H]1CN(S(=O)(=O)N(C)C)C2. The van der Waals surface area contributed by atoms with Crippen molar-refractivity contribution in [3.63, 3.8) is 0 Å². The minimum Gasteiger partial charge on any atom is -0.338 e. The molecule has 26 heavy (non-hydrogen) atoms. The van der Waals surface area contributed by atoms with Crippen LogP contribution >= 0.6 is 0 Å². The van der Waals surface area contributed by atoms with Crippen molar-refractivity contribution in [1.82, 2.24) is 23.7 Å². The van der Waals surface area contributed by atoms with Crippen molar-refractivity contribution in [1.29, 1.82) is 0 Å². The summed E-state index contributed by atoms with van der Waals surface area (Å²) in [5, 5.41) is 7.14. The summed E-state index contributed by atoms with van der Waals surface area (Å²) in [6.45, 7) is 5.47. The first-order chi connectivity index (χ1) is 12.2. The number of aromatic amines is 1. The summed E-state index contributed by atoms with van der Waals surface area (Å²) >= 11 is 0. The minimum atomic E-state index is -3.44. The third-order valence-corrected chi connectivity index (χ3v) is 7.53. The molecule has 4 heterocycles. The fraction of sp³-hybridized carbons (Fsp3) is 0.765. The molecule has 2 atom stereocenters. The van der Waals surface area contributed by atoms with E-state index in [2.05, 4.69) is 10.2 Å². The van der Waals surface area contributed by atoms with E-state index in [1.165, 1.54) is 4.31 Å². The molecule has 2 bridgehead atoms. The van der Waals surface area contributed by atoms with Gasteiger partial charge in [0.15, 0.2) is 0 Å². The van der Waals surface area contributed by atoms with Crippen molar-refractivity contribution in [2.75, 3.05) is 33.7 Å². The van der Waals surface area contributed by atoms with Crippen LogP contribution in [-0.2, 0) is 21.4 Å². The number of nitrogens with one attached hydrogen (secondary N) is 1. The fourth-order valence-electron chi connectivity index (χ4n) is 4.08. The van der Waals surface area contributed by atoms with Crippen LogP contribution in [0.4, 0.5) is 0 Å². The average molecular weight is 384 g/mol. The number of nitrogens with zero attached hydrogens (tertiary/aromatic N) is 4. The molecule has 1 aromatic rings. The van der Waals surface area contributed by atoms with E-state index >= 15 is 0 Å². The Hall–Kier alpha value is -1.45. The molecule has 0 aliphatic carbocycles. The van der Waals surface area contributed by atoms with Crippen molar-refractivity contribution >= 4 is 16.1 Å². The van der Waals surface area contributed by atoms with Crippen molar-refractivity contribution in [3.05, 3.63) is 17.0 Å². The molecule has 3 aliphatic heterocycles. The van der Waals surface area contributed by atoms with Gasteiger partial charge in [0.05, 0.1) is 5.69 Å². The Balaban J connectivity index is 1.69. The van der Waals surface area contributed by atoms with Crippen LogP contribution in [0.25, 0.3) is 0 Å². The van der Waals surface area contributed by atoms with E-state index in [1.54, 1.807) is 18.4 Å². The molecule has 4 rings (SSSR count). The molecule has 1 aromatic heterocycles. The second-order valence-electron chi connectivity index (χ2n) is 7.66. The first-order valence-electron chi connectivity index (χ1n) is 9.17. The lowest BCUT2D eigenvalue weighted by molar-refractivity contribution is -0.135. The van der Waals surface area contributed by atoms with Crippen molar-refractivity contribution in [2.24, 2.45) is 5.92 Å². The Morgan fingerprint density at radius 2 is 1.96 bits per heavy atom. The smallest absolute Gasteiger partial charge is 0.281 e. The predicted molar refractivity (Wildman–Crippen MR) is 98.8 cm³/mol. The van der Waals surface area contributed by atoms with E-state index in [0.29, 0.717) is 32.5 Å². The maximum absolute atomic E-state index is 12.9. The lowest BCUT2D eigenvalue weighted by atomic mass is 9.94. The third-order valence-electron chi connectivity index (χ3n) is 5.66. The number of piperidine rings is 1. The average Bonchev–Trinajstić information content (AvgIpc) is 2.79. The number of hydrogen-bond donors (Lipinski definition) is 1. The number of aryl methyl sites for hydroxylation is 2. The number of fused-ring (bicyclic) bond motifs is 4. The van der Waals surface area contributed by atoms with Gasteiger partial charge in [-0.1, -0.05) is 0 Å². The summed E-state index contributed by atoms with van der Waals surface area (Å²) < 4.78 is 27.9. The molecule has 8 nitrogen and oxygen atoms in total. The lowest BCUT2D eigenvalue weighted by Gasteiger charge is -2.36. The summed E-state index contributed by atoms with van der Waals surface area (Å²) in [7, 11) is -0.329. The van der Waals surface area contributed by atoms with E-state index in [9.17, 15) is 13.2 Å². The van der Waals surface area contributed by atoms with Gasteiger partial charge < -0.3 is 4.90 Å². The van der Waals surface area contributed by atoms with Crippen LogP contribution in [0, 0.1) is 19.8 Å². The highest BCUT2D eigenvalue weighted by Crippen LogP contribution is 2.30. The minimum absolute atomic E-state index is 0.0254. The molecule has 0 spiro atoms. The normalized spacial score (nSPS) is 24.3. The highest BCUT2D eigenvalue weighted by atomic mass is 32.2. The highest BCUT2D eigenvalue weighted by Gasteiger charge is 2.41. The monoisotopic (exact) mass is 383 g/mol. The van der Waals surface area contributed by atoms with Crippen LogP contribution in [0.3, 0.4) is 0 Å². The van der Waals surface area contributed by atoms with Crippen LogP contribution in [0.5, 0.6) is 0 Å². The first kappa shape index (κ1) is 19.3. The summed E-state index contributed by atoms with van der Waals surface area (Å²) in [4.78, 5) is 14.8. The van der Waals surface area contributed by atoms with Crippen molar-refractivity contribution in [3.8, 4) is 0 Å². The van der Waals surface area contributed by atoms with E-state index in [-0.39, 0.29) is 17.9 Å².